The molecule has 0 atom stereocenters. The molecule has 158 valence electrons. The van der Waals surface area contributed by atoms with Crippen LogP contribution >= 0.6 is 22.9 Å². The number of rotatable bonds is 7. The molecule has 0 radical (unpaired) electrons. The van der Waals surface area contributed by atoms with Gasteiger partial charge in [-0.25, -0.2) is 4.39 Å². The van der Waals surface area contributed by atoms with Gasteiger partial charge in [-0.05, 0) is 41.5 Å². The third kappa shape index (κ3) is 5.48. The molecule has 0 aliphatic rings. The van der Waals surface area contributed by atoms with Gasteiger partial charge in [0.15, 0.2) is 0 Å². The maximum atomic E-state index is 13.3. The van der Waals surface area contributed by atoms with Gasteiger partial charge < -0.3 is 10.6 Å². The molecule has 2 heterocycles. The Labute approximate surface area is 186 Å². The van der Waals surface area contributed by atoms with Crippen LogP contribution < -0.4 is 10.6 Å². The normalized spacial score (nSPS) is 10.9. The Balaban J connectivity index is 1.36. The molecular weight excluding hydrogens is 439 g/mol. The highest BCUT2D eigenvalue weighted by molar-refractivity contribution is 7.18. The fourth-order valence-electron chi connectivity index (χ4n) is 3.13. The maximum absolute atomic E-state index is 13.3. The second kappa shape index (κ2) is 9.28. The summed E-state index contributed by atoms with van der Waals surface area (Å²) in [5.41, 5.74) is 1.50. The van der Waals surface area contributed by atoms with Crippen molar-refractivity contribution in [2.75, 3.05) is 5.32 Å². The molecular formula is C22H18ClFN4O2S. The Morgan fingerprint density at radius 3 is 2.65 bits per heavy atom. The monoisotopic (exact) mass is 456 g/mol. The summed E-state index contributed by atoms with van der Waals surface area (Å²) in [6, 6.07) is 15.1. The number of aromatic nitrogens is 2. The van der Waals surface area contributed by atoms with Crippen LogP contribution in [0.1, 0.15) is 16.0 Å². The van der Waals surface area contributed by atoms with E-state index < -0.39 is 0 Å². The van der Waals surface area contributed by atoms with Crippen LogP contribution in [-0.2, 0) is 29.0 Å². The summed E-state index contributed by atoms with van der Waals surface area (Å²) in [4.78, 5) is 26.1. The predicted octanol–water partition coefficient (Wildman–Crippen LogP) is 4.46. The van der Waals surface area contributed by atoms with Crippen LogP contribution in [0.25, 0.3) is 10.2 Å². The largest absolute Gasteiger partial charge is 0.352 e. The molecule has 2 aromatic carbocycles. The number of H-pyrrole nitrogens is 1. The van der Waals surface area contributed by atoms with Gasteiger partial charge in [0, 0.05) is 16.4 Å². The van der Waals surface area contributed by atoms with Crippen LogP contribution in [0.3, 0.4) is 0 Å². The number of hydrogen-bond acceptors (Lipinski definition) is 4. The Kier molecular flexibility index (Phi) is 6.29. The number of nitrogens with one attached hydrogen (secondary N) is 3. The fraction of sp³-hybridized carbons (Fsp3) is 0.136. The molecule has 0 fully saturated rings. The molecule has 4 aromatic rings. The smallest absolute Gasteiger partial charge is 0.229 e. The molecule has 2 aromatic heterocycles. The van der Waals surface area contributed by atoms with Gasteiger partial charge in [0.05, 0.1) is 18.2 Å². The molecule has 4 rings (SSSR count). The summed E-state index contributed by atoms with van der Waals surface area (Å²) >= 11 is 7.34. The van der Waals surface area contributed by atoms with Gasteiger partial charge in [-0.15, -0.1) is 11.3 Å². The van der Waals surface area contributed by atoms with Gasteiger partial charge in [0.2, 0.25) is 11.8 Å². The van der Waals surface area contributed by atoms with Crippen LogP contribution in [0.15, 0.2) is 54.6 Å². The highest BCUT2D eigenvalue weighted by atomic mass is 35.5. The predicted molar refractivity (Wildman–Crippen MR) is 120 cm³/mol. The van der Waals surface area contributed by atoms with E-state index in [0.717, 1.165) is 15.8 Å². The molecule has 2 amide bonds. The van der Waals surface area contributed by atoms with Crippen molar-refractivity contribution in [3.8, 4) is 0 Å². The summed E-state index contributed by atoms with van der Waals surface area (Å²) in [6.45, 7) is 0.393. The highest BCUT2D eigenvalue weighted by Gasteiger charge is 2.15. The van der Waals surface area contributed by atoms with Gasteiger partial charge in [-0.2, -0.15) is 5.10 Å². The number of carbonyl (C=O) groups is 2. The Bertz CT molecular complexity index is 1250. The number of benzene rings is 2. The van der Waals surface area contributed by atoms with E-state index in [1.165, 1.54) is 23.5 Å². The number of amides is 2. The fourth-order valence-corrected chi connectivity index (χ4v) is 4.33. The van der Waals surface area contributed by atoms with Crippen molar-refractivity contribution in [1.29, 1.82) is 0 Å². The Morgan fingerprint density at radius 1 is 1.03 bits per heavy atom. The van der Waals surface area contributed by atoms with Gasteiger partial charge in [-0.3, -0.25) is 14.7 Å². The van der Waals surface area contributed by atoms with Gasteiger partial charge in [-0.1, -0.05) is 35.9 Å². The number of nitrogens with zero attached hydrogens (tertiary/aromatic N) is 1. The van der Waals surface area contributed by atoms with Crippen LogP contribution in [-0.4, -0.2) is 22.0 Å². The summed E-state index contributed by atoms with van der Waals surface area (Å²) in [6.07, 6.45) is 0.249. The van der Waals surface area contributed by atoms with E-state index in [9.17, 15) is 14.0 Å². The maximum Gasteiger partial charge on any atom is 0.229 e. The molecule has 0 spiro atoms. The molecule has 31 heavy (non-hydrogen) atoms. The van der Waals surface area contributed by atoms with Gasteiger partial charge >= 0.3 is 0 Å². The first-order valence-corrected chi connectivity index (χ1v) is 10.7. The third-order valence-corrected chi connectivity index (χ3v) is 5.80. The van der Waals surface area contributed by atoms with E-state index in [0.29, 0.717) is 27.8 Å². The summed E-state index contributed by atoms with van der Waals surface area (Å²) in [7, 11) is 0. The zero-order valence-corrected chi connectivity index (χ0v) is 17.8. The minimum Gasteiger partial charge on any atom is -0.352 e. The van der Waals surface area contributed by atoms with Crippen molar-refractivity contribution in [2.24, 2.45) is 0 Å². The van der Waals surface area contributed by atoms with Crippen molar-refractivity contribution in [1.82, 2.24) is 15.5 Å². The lowest BCUT2D eigenvalue weighted by Crippen LogP contribution is -2.24. The van der Waals surface area contributed by atoms with Crippen LogP contribution in [0.5, 0.6) is 0 Å². The van der Waals surface area contributed by atoms with Crippen molar-refractivity contribution in [2.45, 2.75) is 19.4 Å². The zero-order chi connectivity index (χ0) is 21.8. The second-order valence-corrected chi connectivity index (χ2v) is 8.52. The molecule has 0 bridgehead atoms. The van der Waals surface area contributed by atoms with Crippen LogP contribution in [0.2, 0.25) is 5.02 Å². The number of carbonyl (C=O) groups excluding carboxylic acids is 2. The van der Waals surface area contributed by atoms with E-state index in [1.807, 2.05) is 18.2 Å². The number of anilines is 1. The molecule has 0 saturated carbocycles. The highest BCUT2D eigenvalue weighted by Crippen LogP contribution is 2.29. The lowest BCUT2D eigenvalue weighted by atomic mass is 10.1. The lowest BCUT2D eigenvalue weighted by Gasteiger charge is -2.05. The van der Waals surface area contributed by atoms with Crippen molar-refractivity contribution >= 4 is 50.8 Å². The number of aromatic amines is 1. The average Bonchev–Trinajstić information content (AvgIpc) is 3.27. The van der Waals surface area contributed by atoms with Gasteiger partial charge in [0.25, 0.3) is 0 Å². The molecule has 0 aliphatic carbocycles. The number of fused-ring (bicyclic) bond motifs is 1. The van der Waals surface area contributed by atoms with Crippen molar-refractivity contribution in [3.63, 3.8) is 0 Å². The lowest BCUT2D eigenvalue weighted by molar-refractivity contribution is -0.120. The quantitative estimate of drug-likeness (QED) is 0.384. The first-order chi connectivity index (χ1) is 15.0. The van der Waals surface area contributed by atoms with E-state index in [2.05, 4.69) is 20.8 Å². The number of thiophene rings is 1. The first kappa shape index (κ1) is 21.0. The van der Waals surface area contributed by atoms with Crippen molar-refractivity contribution < 1.29 is 14.0 Å². The Hall–Kier alpha value is -3.23. The SMILES string of the molecule is O=C(Cc1cc2c(NC(=O)Cc3cccc(F)c3)[nH]nc2s1)NCc1cccc(Cl)c1. The van der Waals surface area contributed by atoms with E-state index in [-0.39, 0.29) is 30.5 Å². The third-order valence-electron chi connectivity index (χ3n) is 4.53. The number of hydrogen-bond donors (Lipinski definition) is 3. The molecule has 0 unspecified atom stereocenters. The Morgan fingerprint density at radius 2 is 1.84 bits per heavy atom. The van der Waals surface area contributed by atoms with E-state index in [4.69, 9.17) is 11.6 Å². The molecule has 3 N–H and O–H groups in total. The molecule has 0 saturated heterocycles. The standard InChI is InChI=1S/C22H18ClFN4O2S/c23-15-5-1-4-14(7-15)12-25-19(29)11-17-10-18-21(27-28-22(18)31-17)26-20(30)9-13-3-2-6-16(24)8-13/h1-8,10H,9,11-12H2,(H,25,29)(H2,26,27,28,30). The van der Waals surface area contributed by atoms with E-state index >= 15 is 0 Å². The summed E-state index contributed by atoms with van der Waals surface area (Å²) in [5.74, 6) is -0.337. The number of halogens is 2. The molecule has 9 heteroatoms. The minimum atomic E-state index is -0.384. The van der Waals surface area contributed by atoms with Crippen LogP contribution in [0.4, 0.5) is 10.2 Å². The summed E-state index contributed by atoms with van der Waals surface area (Å²) in [5, 5.41) is 14.0. The zero-order valence-electron chi connectivity index (χ0n) is 16.2. The average molecular weight is 457 g/mol. The molecule has 0 aliphatic heterocycles. The van der Waals surface area contributed by atoms with Crippen molar-refractivity contribution in [3.05, 3.63) is 81.4 Å². The second-order valence-electron chi connectivity index (χ2n) is 6.97. The molecule has 6 nitrogen and oxygen atoms in total. The topological polar surface area (TPSA) is 86.9 Å². The van der Waals surface area contributed by atoms with Gasteiger partial charge in [0.1, 0.15) is 16.5 Å². The van der Waals surface area contributed by atoms with E-state index in [1.54, 1.807) is 24.3 Å². The minimum absolute atomic E-state index is 0.0428. The first-order valence-electron chi connectivity index (χ1n) is 9.48. The van der Waals surface area contributed by atoms with Crippen LogP contribution in [0, 0.1) is 5.82 Å². The summed E-state index contributed by atoms with van der Waals surface area (Å²) < 4.78 is 13.3.